The van der Waals surface area contributed by atoms with Crippen molar-refractivity contribution in [1.29, 1.82) is 0 Å². The van der Waals surface area contributed by atoms with Crippen molar-refractivity contribution in [3.8, 4) is 0 Å². The lowest BCUT2D eigenvalue weighted by molar-refractivity contribution is -0.150. The monoisotopic (exact) mass is 933 g/mol. The minimum Gasteiger partial charge on any atom is -0.461 e. The first-order valence-corrected chi connectivity index (χ1v) is 25.0. The number of anilines is 1. The fourth-order valence-corrected chi connectivity index (χ4v) is 7.98. The van der Waals surface area contributed by atoms with Crippen molar-refractivity contribution in [2.45, 2.75) is 163 Å². The van der Waals surface area contributed by atoms with Crippen LogP contribution in [0.3, 0.4) is 0 Å². The molecule has 2 aliphatic rings. The van der Waals surface area contributed by atoms with Gasteiger partial charge in [0.15, 0.2) is 0 Å². The molecular formula is C52H80N6O9. The number of unbranched alkanes of at least 4 members (excludes halogenated alkanes) is 3. The van der Waals surface area contributed by atoms with Crippen LogP contribution in [-0.2, 0) is 56.1 Å². The molecule has 0 radical (unpaired) electrons. The predicted molar refractivity (Wildman–Crippen MR) is 261 cm³/mol. The van der Waals surface area contributed by atoms with Gasteiger partial charge in [-0.25, -0.2) is 0 Å². The SMILES string of the molecule is CC.CC.CCCCC(C)C1CC(=O)N(CCCCCC(=O)NCC(=O)NCC(=O)N[C@@H](Cc2ccccc2)C(=O)NCC(=O)Nc2ccc(COC(=O)C3CCCCCCCC3)cc2)C1=O. The first kappa shape index (κ1) is 57.5. The number of carbonyl (C=O) groups excluding carboxylic acids is 8. The second kappa shape index (κ2) is 33.8. The maximum absolute atomic E-state index is 13.3. The lowest BCUT2D eigenvalue weighted by atomic mass is 9.88. The second-order valence-corrected chi connectivity index (χ2v) is 17.0. The Hall–Kier alpha value is -5.60. The van der Waals surface area contributed by atoms with Gasteiger partial charge in [-0.2, -0.15) is 0 Å². The fraction of sp³-hybridized carbons (Fsp3) is 0.615. The van der Waals surface area contributed by atoms with Gasteiger partial charge in [-0.15, -0.1) is 0 Å². The van der Waals surface area contributed by atoms with E-state index in [1.165, 1.54) is 17.7 Å². The van der Waals surface area contributed by atoms with Crippen molar-refractivity contribution in [2.75, 3.05) is 31.5 Å². The van der Waals surface area contributed by atoms with Gasteiger partial charge in [-0.1, -0.05) is 142 Å². The van der Waals surface area contributed by atoms with Gasteiger partial charge < -0.3 is 31.3 Å². The molecule has 15 heteroatoms. The zero-order valence-electron chi connectivity index (χ0n) is 41.2. The smallest absolute Gasteiger partial charge is 0.309 e. The van der Waals surface area contributed by atoms with Crippen molar-refractivity contribution < 1.29 is 43.1 Å². The minimum atomic E-state index is -1.06. The number of hydrogen-bond donors (Lipinski definition) is 5. The number of nitrogens with zero attached hydrogens (tertiary/aromatic N) is 1. The highest BCUT2D eigenvalue weighted by molar-refractivity contribution is 6.03. The number of ether oxygens (including phenoxy) is 1. The number of benzene rings is 2. The largest absolute Gasteiger partial charge is 0.461 e. The molecule has 372 valence electrons. The summed E-state index contributed by atoms with van der Waals surface area (Å²) in [5, 5.41) is 12.9. The van der Waals surface area contributed by atoms with E-state index in [0.717, 1.165) is 68.9 Å². The summed E-state index contributed by atoms with van der Waals surface area (Å²) in [7, 11) is 0. The van der Waals surface area contributed by atoms with Crippen LogP contribution in [0.5, 0.6) is 0 Å². The van der Waals surface area contributed by atoms with Crippen LogP contribution < -0.4 is 26.6 Å². The molecule has 1 heterocycles. The third kappa shape index (κ3) is 22.6. The number of amides is 7. The molecule has 2 unspecified atom stereocenters. The first-order valence-electron chi connectivity index (χ1n) is 25.0. The van der Waals surface area contributed by atoms with Crippen LogP contribution >= 0.6 is 0 Å². The van der Waals surface area contributed by atoms with E-state index >= 15 is 0 Å². The van der Waals surface area contributed by atoms with Crippen molar-refractivity contribution in [2.24, 2.45) is 17.8 Å². The Morgan fingerprint density at radius 2 is 1.30 bits per heavy atom. The molecule has 0 aromatic heterocycles. The molecule has 1 saturated carbocycles. The molecule has 5 N–H and O–H groups in total. The summed E-state index contributed by atoms with van der Waals surface area (Å²) in [5.41, 5.74) is 2.04. The molecule has 2 aromatic carbocycles. The number of hydrogen-bond acceptors (Lipinski definition) is 9. The van der Waals surface area contributed by atoms with E-state index in [2.05, 4.69) is 33.5 Å². The normalized spacial score (nSPS) is 15.9. The molecule has 1 aliphatic heterocycles. The molecule has 2 aromatic rings. The number of imide groups is 1. The van der Waals surface area contributed by atoms with Gasteiger partial charge in [0.1, 0.15) is 12.6 Å². The van der Waals surface area contributed by atoms with E-state index < -0.39 is 36.2 Å². The van der Waals surface area contributed by atoms with Crippen molar-refractivity contribution in [3.05, 3.63) is 65.7 Å². The van der Waals surface area contributed by atoms with Crippen molar-refractivity contribution in [1.82, 2.24) is 26.2 Å². The summed E-state index contributed by atoms with van der Waals surface area (Å²) in [6.45, 7) is 11.4. The minimum absolute atomic E-state index is 0.0629. The van der Waals surface area contributed by atoms with E-state index in [0.29, 0.717) is 31.5 Å². The number of likely N-dealkylation sites (tertiary alicyclic amines) is 1. The quantitative estimate of drug-likeness (QED) is 0.0406. The number of nitrogens with one attached hydrogen (secondary N) is 5. The molecule has 7 amide bonds. The number of rotatable bonds is 24. The van der Waals surface area contributed by atoms with Crippen LogP contribution in [0.4, 0.5) is 5.69 Å². The third-order valence-electron chi connectivity index (χ3n) is 11.8. The predicted octanol–water partition coefficient (Wildman–Crippen LogP) is 7.31. The Kier molecular flexibility index (Phi) is 29.0. The van der Waals surface area contributed by atoms with Crippen molar-refractivity contribution in [3.63, 3.8) is 0 Å². The van der Waals surface area contributed by atoms with Crippen LogP contribution in [-0.4, -0.2) is 84.4 Å². The summed E-state index contributed by atoms with van der Waals surface area (Å²) in [4.78, 5) is 103. The second-order valence-electron chi connectivity index (χ2n) is 17.0. The zero-order valence-corrected chi connectivity index (χ0v) is 41.2. The van der Waals surface area contributed by atoms with Crippen molar-refractivity contribution >= 4 is 53.0 Å². The summed E-state index contributed by atoms with van der Waals surface area (Å²) in [5.74, 6) is -3.20. The van der Waals surface area contributed by atoms with Gasteiger partial charge >= 0.3 is 5.97 Å². The highest BCUT2D eigenvalue weighted by Gasteiger charge is 2.40. The number of esters is 1. The topological polar surface area (TPSA) is 209 Å². The van der Waals surface area contributed by atoms with Crippen LogP contribution in [0.15, 0.2) is 54.6 Å². The third-order valence-corrected chi connectivity index (χ3v) is 11.8. The Bertz CT molecular complexity index is 1810. The number of carbonyl (C=O) groups is 8. The summed E-state index contributed by atoms with van der Waals surface area (Å²) >= 11 is 0. The summed E-state index contributed by atoms with van der Waals surface area (Å²) in [6.07, 6.45) is 13.8. The molecule has 3 atom stereocenters. The maximum atomic E-state index is 13.3. The molecule has 1 saturated heterocycles. The van der Waals surface area contributed by atoms with Crippen LogP contribution in [0.2, 0.25) is 0 Å². The van der Waals surface area contributed by atoms with Gasteiger partial charge in [0.05, 0.1) is 25.6 Å². The lowest BCUT2D eigenvalue weighted by Gasteiger charge is -2.19. The van der Waals surface area contributed by atoms with Gasteiger partial charge in [-0.05, 0) is 61.3 Å². The Labute approximate surface area is 399 Å². The van der Waals surface area contributed by atoms with Gasteiger partial charge in [0.2, 0.25) is 41.4 Å². The van der Waals surface area contributed by atoms with Gasteiger partial charge in [0.25, 0.3) is 0 Å². The average Bonchev–Trinajstić information content (AvgIpc) is 3.71. The molecule has 2 fully saturated rings. The fourth-order valence-electron chi connectivity index (χ4n) is 7.98. The van der Waals surface area contributed by atoms with E-state index in [4.69, 9.17) is 4.74 Å². The van der Waals surface area contributed by atoms with E-state index in [1.54, 1.807) is 48.5 Å². The molecule has 4 rings (SSSR count). The molecular weight excluding hydrogens is 853 g/mol. The first-order chi connectivity index (χ1) is 32.4. The molecule has 0 bridgehead atoms. The average molecular weight is 933 g/mol. The highest BCUT2D eigenvalue weighted by Crippen LogP contribution is 2.30. The summed E-state index contributed by atoms with van der Waals surface area (Å²) in [6, 6.07) is 14.9. The van der Waals surface area contributed by atoms with E-state index in [1.807, 2.05) is 40.7 Å². The Morgan fingerprint density at radius 3 is 1.96 bits per heavy atom. The Balaban J connectivity index is 0.00000375. The molecule has 67 heavy (non-hydrogen) atoms. The van der Waals surface area contributed by atoms with Crippen LogP contribution in [0.1, 0.15) is 155 Å². The summed E-state index contributed by atoms with van der Waals surface area (Å²) < 4.78 is 5.62. The van der Waals surface area contributed by atoms with Gasteiger partial charge in [-0.3, -0.25) is 43.3 Å². The van der Waals surface area contributed by atoms with Gasteiger partial charge in [0, 0.05) is 37.4 Å². The van der Waals surface area contributed by atoms with E-state index in [9.17, 15) is 38.4 Å². The molecule has 15 nitrogen and oxygen atoms in total. The van der Waals surface area contributed by atoms with Crippen LogP contribution in [0, 0.1) is 17.8 Å². The van der Waals surface area contributed by atoms with Crippen LogP contribution in [0.25, 0.3) is 0 Å². The zero-order chi connectivity index (χ0) is 49.4. The lowest BCUT2D eigenvalue weighted by Crippen LogP contribution is -2.52. The standard InChI is InChI=1S/C48H68N6O9.2C2H6/c1-3-4-17-34(2)39-29-45(59)54(47(39)61)27-16-10-15-22-41(55)49-30-42(56)50-31-44(58)53-40(28-35-18-11-9-12-19-35)46(60)51-32-43(57)52-38-25-23-36(24-26-38)33-63-48(62)37-20-13-7-5-6-8-14-21-37;2*1-2/h9,11-12,18-19,23-26,34,37,39-40H,3-8,10,13-17,20-22,27-33H2,1-2H3,(H,49,55)(H,50,56)(H,51,60)(H,52,57)(H,53,58);2*1-2H3/t34?,39?,40-;;/m0../s1. The molecule has 1 aliphatic carbocycles. The maximum Gasteiger partial charge on any atom is 0.309 e. The highest BCUT2D eigenvalue weighted by atomic mass is 16.5. The molecule has 0 spiro atoms. The Morgan fingerprint density at radius 1 is 0.687 bits per heavy atom. The van der Waals surface area contributed by atoms with E-state index in [-0.39, 0.29) is 80.4 Å².